The van der Waals surface area contributed by atoms with Crippen LogP contribution in [0.2, 0.25) is 0 Å². The lowest BCUT2D eigenvalue weighted by molar-refractivity contribution is 0.1000. The Morgan fingerprint density at radius 1 is 1.15 bits per heavy atom. The van der Waals surface area contributed by atoms with Crippen LogP contribution in [0, 0.1) is 0 Å². The number of rotatable bonds is 5. The average molecular weight is 373 g/mol. The molecule has 1 unspecified atom stereocenters. The van der Waals surface area contributed by atoms with E-state index < -0.39 is 15.9 Å². The Bertz CT molecular complexity index is 877. The lowest BCUT2D eigenvalue weighted by Gasteiger charge is -2.35. The highest BCUT2D eigenvalue weighted by molar-refractivity contribution is 7.89. The molecule has 3 rings (SSSR count). The van der Waals surface area contributed by atoms with E-state index in [1.54, 1.807) is 0 Å². The van der Waals surface area contributed by atoms with Gasteiger partial charge < -0.3 is 11.1 Å². The molecule has 1 amide bonds. The fourth-order valence-electron chi connectivity index (χ4n) is 3.16. The highest BCUT2D eigenvalue weighted by Gasteiger charge is 2.34. The van der Waals surface area contributed by atoms with Crippen LogP contribution in [0.25, 0.3) is 0 Å². The number of benzene rings is 2. The van der Waals surface area contributed by atoms with E-state index >= 15 is 0 Å². The molecule has 0 saturated carbocycles. The first-order valence-corrected chi connectivity index (χ1v) is 10.1. The van der Waals surface area contributed by atoms with Gasteiger partial charge in [0.05, 0.1) is 10.9 Å². The van der Waals surface area contributed by atoms with Gasteiger partial charge in [0.25, 0.3) is 0 Å². The number of piperazine rings is 1. The van der Waals surface area contributed by atoms with Crippen LogP contribution in [-0.4, -0.2) is 38.3 Å². The lowest BCUT2D eigenvalue weighted by atomic mass is 10.0. The van der Waals surface area contributed by atoms with Crippen molar-refractivity contribution in [1.82, 2.24) is 9.62 Å². The summed E-state index contributed by atoms with van der Waals surface area (Å²) < 4.78 is 27.8. The Kier molecular flexibility index (Phi) is 5.41. The maximum atomic E-state index is 13.2. The van der Waals surface area contributed by atoms with Crippen LogP contribution < -0.4 is 11.1 Å². The van der Waals surface area contributed by atoms with E-state index in [0.29, 0.717) is 19.6 Å². The quantitative estimate of drug-likeness (QED) is 0.834. The van der Waals surface area contributed by atoms with Gasteiger partial charge in [0, 0.05) is 25.2 Å². The highest BCUT2D eigenvalue weighted by atomic mass is 32.2. The molecule has 138 valence electrons. The predicted molar refractivity (Wildman–Crippen MR) is 100 cm³/mol. The van der Waals surface area contributed by atoms with E-state index in [2.05, 4.69) is 12.2 Å². The Labute approximate surface area is 154 Å². The average Bonchev–Trinajstić information content (AvgIpc) is 2.68. The summed E-state index contributed by atoms with van der Waals surface area (Å²) in [4.78, 5) is 11.4. The first-order chi connectivity index (χ1) is 12.4. The molecule has 3 N–H and O–H groups in total. The summed E-state index contributed by atoms with van der Waals surface area (Å²) in [5.74, 6) is -0.579. The van der Waals surface area contributed by atoms with E-state index in [0.717, 1.165) is 12.0 Å². The molecule has 0 bridgehead atoms. The van der Waals surface area contributed by atoms with Gasteiger partial charge in [-0.3, -0.25) is 4.79 Å². The van der Waals surface area contributed by atoms with Crippen molar-refractivity contribution in [3.8, 4) is 0 Å². The fourth-order valence-corrected chi connectivity index (χ4v) is 4.77. The minimum absolute atomic E-state index is 0.166. The molecule has 1 atom stereocenters. The fraction of sp³-hybridized carbons (Fsp3) is 0.316. The zero-order valence-electron chi connectivity index (χ0n) is 14.7. The number of nitrogens with one attached hydrogen (secondary N) is 1. The molecule has 1 fully saturated rings. The van der Waals surface area contributed by atoms with Crippen molar-refractivity contribution in [3.05, 3.63) is 65.2 Å². The van der Waals surface area contributed by atoms with Gasteiger partial charge in [0.1, 0.15) is 0 Å². The van der Waals surface area contributed by atoms with Crippen LogP contribution >= 0.6 is 0 Å². The Hall–Kier alpha value is -2.22. The van der Waals surface area contributed by atoms with Crippen molar-refractivity contribution >= 4 is 15.9 Å². The second kappa shape index (κ2) is 7.57. The molecule has 6 nitrogen and oxygen atoms in total. The van der Waals surface area contributed by atoms with Crippen molar-refractivity contribution < 1.29 is 13.2 Å². The van der Waals surface area contributed by atoms with Gasteiger partial charge in [-0.15, -0.1) is 0 Å². The van der Waals surface area contributed by atoms with Crippen LogP contribution in [0.3, 0.4) is 0 Å². The largest absolute Gasteiger partial charge is 0.366 e. The number of carbonyl (C=O) groups excluding carboxylic acids is 1. The monoisotopic (exact) mass is 373 g/mol. The molecule has 0 aromatic heterocycles. The van der Waals surface area contributed by atoms with E-state index in [1.165, 1.54) is 34.1 Å². The summed E-state index contributed by atoms with van der Waals surface area (Å²) in [6.45, 7) is 3.63. The summed E-state index contributed by atoms with van der Waals surface area (Å²) in [6.07, 6.45) is 0.942. The van der Waals surface area contributed by atoms with E-state index in [-0.39, 0.29) is 16.5 Å². The van der Waals surface area contributed by atoms with E-state index in [4.69, 9.17) is 5.73 Å². The van der Waals surface area contributed by atoms with E-state index in [9.17, 15) is 13.2 Å². The van der Waals surface area contributed by atoms with Crippen LogP contribution in [0.4, 0.5) is 0 Å². The summed E-state index contributed by atoms with van der Waals surface area (Å²) >= 11 is 0. The van der Waals surface area contributed by atoms with Crippen molar-refractivity contribution in [2.75, 3.05) is 19.6 Å². The maximum Gasteiger partial charge on any atom is 0.248 e. The third kappa shape index (κ3) is 3.65. The summed E-state index contributed by atoms with van der Waals surface area (Å²) in [5, 5.41) is 3.27. The van der Waals surface area contributed by atoms with Crippen LogP contribution in [0.1, 0.15) is 34.5 Å². The second-order valence-electron chi connectivity index (χ2n) is 6.32. The van der Waals surface area contributed by atoms with Crippen molar-refractivity contribution in [2.45, 2.75) is 24.3 Å². The number of nitrogens with zero attached hydrogens (tertiary/aromatic N) is 1. The standard InChI is InChI=1S/C19H23N3O3S/c1-2-14-3-5-15(6-4-14)18-13-21-11-12-22(18)26(24,25)17-9-7-16(8-10-17)19(20)23/h3-10,18,21H,2,11-13H2,1H3,(H2,20,23). The van der Waals surface area contributed by atoms with Crippen LogP contribution in [0.5, 0.6) is 0 Å². The predicted octanol–water partition coefficient (Wildman–Crippen LogP) is 1.68. The highest BCUT2D eigenvalue weighted by Crippen LogP contribution is 2.29. The molecule has 0 aliphatic carbocycles. The van der Waals surface area contributed by atoms with Gasteiger partial charge in [-0.25, -0.2) is 8.42 Å². The SMILES string of the molecule is CCc1ccc(C2CNCCN2S(=O)(=O)c2ccc(C(N)=O)cc2)cc1. The molecule has 7 heteroatoms. The zero-order valence-corrected chi connectivity index (χ0v) is 15.5. The molecule has 1 saturated heterocycles. The lowest BCUT2D eigenvalue weighted by Crippen LogP contribution is -2.48. The number of hydrogen-bond donors (Lipinski definition) is 2. The number of carbonyl (C=O) groups is 1. The van der Waals surface area contributed by atoms with Crippen LogP contribution in [-0.2, 0) is 16.4 Å². The topological polar surface area (TPSA) is 92.5 Å². The molecule has 1 aliphatic rings. The smallest absolute Gasteiger partial charge is 0.248 e. The Morgan fingerprint density at radius 2 is 1.81 bits per heavy atom. The van der Waals surface area contributed by atoms with Crippen molar-refractivity contribution in [2.24, 2.45) is 5.73 Å². The number of amides is 1. The normalized spacial score (nSPS) is 18.6. The molecule has 0 spiro atoms. The zero-order chi connectivity index (χ0) is 18.7. The number of sulfonamides is 1. The molecular formula is C19H23N3O3S. The molecule has 1 heterocycles. The Morgan fingerprint density at radius 3 is 2.38 bits per heavy atom. The number of nitrogens with two attached hydrogens (primary N) is 1. The first-order valence-electron chi connectivity index (χ1n) is 8.64. The third-order valence-electron chi connectivity index (χ3n) is 4.71. The molecule has 2 aromatic carbocycles. The number of hydrogen-bond acceptors (Lipinski definition) is 4. The van der Waals surface area contributed by atoms with Gasteiger partial charge in [0.15, 0.2) is 0 Å². The molecular weight excluding hydrogens is 350 g/mol. The summed E-state index contributed by atoms with van der Waals surface area (Å²) in [6, 6.07) is 13.6. The summed E-state index contributed by atoms with van der Waals surface area (Å²) in [5.41, 5.74) is 7.70. The number of primary amides is 1. The minimum Gasteiger partial charge on any atom is -0.366 e. The number of aryl methyl sites for hydroxylation is 1. The van der Waals surface area contributed by atoms with Gasteiger partial charge in [-0.2, -0.15) is 4.31 Å². The van der Waals surface area contributed by atoms with Gasteiger partial charge >= 0.3 is 0 Å². The molecule has 26 heavy (non-hydrogen) atoms. The first kappa shape index (κ1) is 18.6. The molecule has 0 radical (unpaired) electrons. The second-order valence-corrected chi connectivity index (χ2v) is 8.21. The van der Waals surface area contributed by atoms with Crippen LogP contribution in [0.15, 0.2) is 53.4 Å². The van der Waals surface area contributed by atoms with Crippen molar-refractivity contribution in [3.63, 3.8) is 0 Å². The Balaban J connectivity index is 1.93. The maximum absolute atomic E-state index is 13.2. The van der Waals surface area contributed by atoms with Crippen molar-refractivity contribution in [1.29, 1.82) is 0 Å². The minimum atomic E-state index is -3.68. The molecule has 2 aromatic rings. The molecule has 1 aliphatic heterocycles. The van der Waals surface area contributed by atoms with Gasteiger partial charge in [-0.05, 0) is 41.8 Å². The summed E-state index contributed by atoms with van der Waals surface area (Å²) in [7, 11) is -3.68. The van der Waals surface area contributed by atoms with Gasteiger partial charge in [-0.1, -0.05) is 31.2 Å². The van der Waals surface area contributed by atoms with E-state index in [1.807, 2.05) is 24.3 Å². The van der Waals surface area contributed by atoms with Gasteiger partial charge in [0.2, 0.25) is 15.9 Å². The third-order valence-corrected chi connectivity index (χ3v) is 6.63.